The van der Waals surface area contributed by atoms with Crippen molar-refractivity contribution in [2.45, 2.75) is 103 Å². The van der Waals surface area contributed by atoms with Gasteiger partial charge in [-0.15, -0.1) is 4.59 Å². The second-order valence-corrected chi connectivity index (χ2v) is 13.3. The van der Waals surface area contributed by atoms with Gasteiger partial charge in [0.25, 0.3) is 5.91 Å². The number of carboxylic acids is 1. The molecule has 1 N–H and O–H groups in total. The molecule has 2 aliphatic carbocycles. The minimum atomic E-state index is -1.32. The summed E-state index contributed by atoms with van der Waals surface area (Å²) in [5, 5.41) is 12.8. The first kappa shape index (κ1) is 27.5. The van der Waals surface area contributed by atoms with Gasteiger partial charge in [-0.25, -0.2) is 4.79 Å². The zero-order chi connectivity index (χ0) is 29.3. The van der Waals surface area contributed by atoms with Gasteiger partial charge in [0.05, 0.1) is 17.2 Å². The number of hydrogen-bond donors (Lipinski definition) is 1. The van der Waals surface area contributed by atoms with Gasteiger partial charge in [-0.2, -0.15) is 5.43 Å². The zero-order valence-electron chi connectivity index (χ0n) is 24.6. The van der Waals surface area contributed by atoms with Gasteiger partial charge in [-0.3, -0.25) is 9.36 Å². The molecule has 0 spiro atoms. The summed E-state index contributed by atoms with van der Waals surface area (Å²) in [6.07, 6.45) is 14.5. The number of carbonyl (C=O) groups excluding carboxylic acids is 3. The highest BCUT2D eigenvalue weighted by atomic mass is 16.6. The number of amides is 1. The Bertz CT molecular complexity index is 1530. The van der Waals surface area contributed by atoms with Crippen molar-refractivity contribution in [3.8, 4) is 11.3 Å². The van der Waals surface area contributed by atoms with Crippen LogP contribution in [0, 0.1) is 0 Å². The lowest BCUT2D eigenvalue weighted by molar-refractivity contribution is -0.254. The number of hydrogen-bond acceptors (Lipinski definition) is 5. The van der Waals surface area contributed by atoms with E-state index in [1.807, 2.05) is 38.3 Å². The second-order valence-electron chi connectivity index (χ2n) is 13.3. The number of allylic oxidation sites excluding steroid dienone is 2. The molecule has 1 amide bonds. The molecule has 2 aromatic rings. The maximum absolute atomic E-state index is 14.8. The normalized spacial score (nSPS) is 22.8. The van der Waals surface area contributed by atoms with Crippen molar-refractivity contribution in [3.05, 3.63) is 58.4 Å². The van der Waals surface area contributed by atoms with Gasteiger partial charge < -0.3 is 14.6 Å². The molecule has 3 heterocycles. The second kappa shape index (κ2) is 9.44. The lowest BCUT2D eigenvalue weighted by Gasteiger charge is -2.46. The summed E-state index contributed by atoms with van der Waals surface area (Å²) in [6.45, 7) is 9.05. The molecule has 8 nitrogen and oxygen atoms in total. The predicted octanol–water partition coefficient (Wildman–Crippen LogP) is 5.77. The molecular formula is C33H39N3O5. The molecule has 1 saturated carbocycles. The molecule has 4 aliphatic rings. The van der Waals surface area contributed by atoms with E-state index in [1.54, 1.807) is 31.4 Å². The van der Waals surface area contributed by atoms with E-state index in [-0.39, 0.29) is 16.1 Å². The summed E-state index contributed by atoms with van der Waals surface area (Å²) in [5.74, 6) is -1.25. The number of carboxylic acid groups (broad SMARTS) is 1. The van der Waals surface area contributed by atoms with E-state index in [4.69, 9.17) is 4.74 Å². The summed E-state index contributed by atoms with van der Waals surface area (Å²) < 4.78 is 7.04. The first-order valence-electron chi connectivity index (χ1n) is 14.8. The Hall–Kier alpha value is -3.65. The van der Waals surface area contributed by atoms with E-state index in [0.29, 0.717) is 47.7 Å². The number of quaternary nitrogens is 1. The third-order valence-corrected chi connectivity index (χ3v) is 9.24. The number of nitrogens with zero attached hydrogens (tertiary/aromatic N) is 2. The van der Waals surface area contributed by atoms with Crippen molar-refractivity contribution in [1.29, 1.82) is 0 Å². The fourth-order valence-corrected chi connectivity index (χ4v) is 7.40. The van der Waals surface area contributed by atoms with Crippen molar-refractivity contribution in [2.24, 2.45) is 0 Å². The molecule has 1 aromatic carbocycles. The standard InChI is InChI=1S/C33H39N3O5/c1-32(2,3)41-31(40)34-36-19-11-15-22-21(20-12-7-6-8-13-20)17-18-24(28(22)36)27-26(29(37)38)23-14-9-10-16-25(23)35(27)30(39)33(36,4)5/h9,11,14,17-20H,6-8,10,12-13,15-16H2,1-5H3,(H-,34,37,38,40)/t36-/m0/s1. The SMILES string of the molecule is CC(C)(C)OC(=O)N[N@@+]12C=CCc3c(C4CCCCC4)ccc(c31)-c1c(C(=O)[O-])c3c(n1C(=O)C2(C)C)CCC=C3. The third-order valence-electron chi connectivity index (χ3n) is 9.24. The first-order valence-corrected chi connectivity index (χ1v) is 14.8. The Morgan fingerprint density at radius 2 is 1.85 bits per heavy atom. The molecule has 216 valence electrons. The summed E-state index contributed by atoms with van der Waals surface area (Å²) in [5.41, 5.74) is 6.29. The molecule has 6 rings (SSSR count). The average molecular weight is 558 g/mol. The van der Waals surface area contributed by atoms with E-state index in [9.17, 15) is 19.5 Å². The fraction of sp³-hybridized carbons (Fsp3) is 0.485. The van der Waals surface area contributed by atoms with E-state index in [0.717, 1.165) is 36.9 Å². The van der Waals surface area contributed by atoms with E-state index >= 15 is 0 Å². The van der Waals surface area contributed by atoms with Gasteiger partial charge in [0.15, 0.2) is 5.69 Å². The van der Waals surface area contributed by atoms with Crippen molar-refractivity contribution in [3.63, 3.8) is 0 Å². The van der Waals surface area contributed by atoms with E-state index < -0.39 is 23.2 Å². The molecular weight excluding hydrogens is 518 g/mol. The summed E-state index contributed by atoms with van der Waals surface area (Å²) in [7, 11) is 0. The van der Waals surface area contributed by atoms with Gasteiger partial charge in [0, 0.05) is 42.7 Å². The van der Waals surface area contributed by atoms with Crippen LogP contribution in [0.25, 0.3) is 17.3 Å². The number of benzene rings is 1. The maximum Gasteiger partial charge on any atom is 0.453 e. The molecule has 41 heavy (non-hydrogen) atoms. The molecule has 8 heteroatoms. The van der Waals surface area contributed by atoms with Crippen LogP contribution in [0.15, 0.2) is 30.5 Å². The molecule has 0 bridgehead atoms. The Morgan fingerprint density at radius 3 is 2.54 bits per heavy atom. The smallest absolute Gasteiger partial charge is 0.453 e. The number of aromatic nitrogens is 1. The molecule has 2 aliphatic heterocycles. The van der Waals surface area contributed by atoms with Crippen LogP contribution in [0.2, 0.25) is 0 Å². The number of carbonyl (C=O) groups is 3. The van der Waals surface area contributed by atoms with Crippen LogP contribution >= 0.6 is 0 Å². The number of aromatic carboxylic acids is 1. The Morgan fingerprint density at radius 1 is 1.12 bits per heavy atom. The third kappa shape index (κ3) is 4.09. The minimum absolute atomic E-state index is 0.0273. The van der Waals surface area contributed by atoms with Crippen molar-refractivity contribution in [2.75, 3.05) is 0 Å². The highest BCUT2D eigenvalue weighted by Crippen LogP contribution is 2.53. The number of ether oxygens (including phenoxy) is 1. The lowest BCUT2D eigenvalue weighted by Crippen LogP contribution is -2.72. The fourth-order valence-electron chi connectivity index (χ4n) is 7.40. The van der Waals surface area contributed by atoms with Crippen molar-refractivity contribution >= 4 is 29.7 Å². The topological polar surface area (TPSA) is 100 Å². The van der Waals surface area contributed by atoms with Crippen LogP contribution in [0.4, 0.5) is 10.5 Å². The van der Waals surface area contributed by atoms with Crippen LogP contribution < -0.4 is 15.1 Å². The molecule has 0 saturated heterocycles. The monoisotopic (exact) mass is 557 g/mol. The first-order chi connectivity index (χ1) is 19.4. The number of rotatable bonds is 3. The highest BCUT2D eigenvalue weighted by molar-refractivity contribution is 6.08. The van der Waals surface area contributed by atoms with E-state index in [1.165, 1.54) is 12.0 Å². The molecule has 1 atom stereocenters. The Kier molecular flexibility index (Phi) is 6.34. The van der Waals surface area contributed by atoms with Gasteiger partial charge in [-0.1, -0.05) is 37.5 Å². The number of fused-ring (bicyclic) bond motifs is 4. The van der Waals surface area contributed by atoms with Crippen molar-refractivity contribution in [1.82, 2.24) is 14.6 Å². The van der Waals surface area contributed by atoms with Crippen LogP contribution in [0.5, 0.6) is 0 Å². The Balaban J connectivity index is 1.71. The average Bonchev–Trinajstić information content (AvgIpc) is 3.24. The lowest BCUT2D eigenvalue weighted by atomic mass is 9.79. The summed E-state index contributed by atoms with van der Waals surface area (Å²) >= 11 is 0. The highest BCUT2D eigenvalue weighted by Gasteiger charge is 2.59. The van der Waals surface area contributed by atoms with Crippen LogP contribution in [0.3, 0.4) is 0 Å². The van der Waals surface area contributed by atoms with Gasteiger partial charge in [-0.05, 0) is 70.1 Å². The summed E-state index contributed by atoms with van der Waals surface area (Å²) in [6, 6.07) is 4.09. The van der Waals surface area contributed by atoms with Gasteiger partial charge in [0.1, 0.15) is 11.8 Å². The Labute approximate surface area is 241 Å². The zero-order valence-corrected chi connectivity index (χ0v) is 24.6. The molecule has 0 radical (unpaired) electrons. The maximum atomic E-state index is 14.8. The van der Waals surface area contributed by atoms with Crippen LogP contribution in [0.1, 0.15) is 117 Å². The molecule has 0 unspecified atom stereocenters. The predicted molar refractivity (Wildman–Crippen MR) is 156 cm³/mol. The van der Waals surface area contributed by atoms with Crippen LogP contribution in [-0.2, 0) is 17.6 Å². The van der Waals surface area contributed by atoms with E-state index in [2.05, 4.69) is 11.5 Å². The number of nitrogens with one attached hydrogen (secondary N) is 1. The molecule has 1 aromatic heterocycles. The molecule has 1 fully saturated rings. The minimum Gasteiger partial charge on any atom is -0.545 e. The quantitative estimate of drug-likeness (QED) is 0.483. The van der Waals surface area contributed by atoms with Gasteiger partial charge >= 0.3 is 6.09 Å². The summed E-state index contributed by atoms with van der Waals surface area (Å²) in [4.78, 5) is 41.1. The van der Waals surface area contributed by atoms with Crippen molar-refractivity contribution < 1.29 is 24.2 Å². The van der Waals surface area contributed by atoms with Crippen LogP contribution in [-0.4, -0.2) is 33.7 Å². The van der Waals surface area contributed by atoms with Gasteiger partial charge in [0.2, 0.25) is 5.54 Å². The largest absolute Gasteiger partial charge is 0.545 e.